The highest BCUT2D eigenvalue weighted by Crippen LogP contribution is 2.30. The number of rotatable bonds is 4. The Bertz CT molecular complexity index is 724. The molecule has 29 heavy (non-hydrogen) atoms. The maximum Gasteiger partial charge on any atom is 0.317 e. The van der Waals surface area contributed by atoms with E-state index in [0.29, 0.717) is 12.3 Å². The van der Waals surface area contributed by atoms with E-state index >= 15 is 0 Å². The molecule has 1 aliphatic heterocycles. The number of hydrogen-bond donors (Lipinski definition) is 1. The van der Waals surface area contributed by atoms with Crippen molar-refractivity contribution in [1.29, 1.82) is 0 Å². The van der Waals surface area contributed by atoms with Crippen molar-refractivity contribution >= 4 is 29.2 Å². The molecule has 1 aromatic rings. The minimum atomic E-state index is -0.0314. The van der Waals surface area contributed by atoms with Crippen LogP contribution in [0.4, 0.5) is 10.5 Å². The number of aryl methyl sites for hydroxylation is 1. The fourth-order valence-electron chi connectivity index (χ4n) is 4.26. The van der Waals surface area contributed by atoms with E-state index < -0.39 is 0 Å². The second-order valence-electron chi connectivity index (χ2n) is 8.54. The highest BCUT2D eigenvalue weighted by atomic mass is 35.5. The van der Waals surface area contributed by atoms with Gasteiger partial charge in [-0.15, -0.1) is 0 Å². The number of anilines is 1. The summed E-state index contributed by atoms with van der Waals surface area (Å²) in [5, 5.41) is 3.87. The van der Waals surface area contributed by atoms with E-state index in [1.807, 2.05) is 24.0 Å². The SMILES string of the molecule is Cc1cccc(N2CCN(C(=O)CC3CCC(NC(=O)N(C)C)CC3)CC2)c1Cl. The predicted octanol–water partition coefficient (Wildman–Crippen LogP) is 3.52. The van der Waals surface area contributed by atoms with E-state index in [9.17, 15) is 9.59 Å². The van der Waals surface area contributed by atoms with E-state index in [2.05, 4.69) is 16.3 Å². The molecular weight excluding hydrogens is 388 g/mol. The molecular formula is C22H33ClN4O2. The van der Waals surface area contributed by atoms with Gasteiger partial charge in [0.05, 0.1) is 10.7 Å². The first-order valence-corrected chi connectivity index (χ1v) is 11.0. The molecule has 0 aromatic heterocycles. The van der Waals surface area contributed by atoms with Crippen molar-refractivity contribution in [2.45, 2.75) is 45.1 Å². The number of nitrogens with one attached hydrogen (secondary N) is 1. The van der Waals surface area contributed by atoms with Crippen LogP contribution in [0.3, 0.4) is 0 Å². The van der Waals surface area contributed by atoms with Gasteiger partial charge in [-0.05, 0) is 50.2 Å². The highest BCUT2D eigenvalue weighted by molar-refractivity contribution is 6.34. The Morgan fingerprint density at radius 3 is 2.38 bits per heavy atom. The monoisotopic (exact) mass is 420 g/mol. The molecule has 7 heteroatoms. The average molecular weight is 421 g/mol. The minimum Gasteiger partial charge on any atom is -0.367 e. The summed E-state index contributed by atoms with van der Waals surface area (Å²) in [5.74, 6) is 0.694. The fourth-order valence-corrected chi connectivity index (χ4v) is 4.51. The number of halogens is 1. The van der Waals surface area contributed by atoms with Crippen molar-refractivity contribution in [3.63, 3.8) is 0 Å². The second kappa shape index (κ2) is 9.70. The first-order valence-electron chi connectivity index (χ1n) is 10.6. The van der Waals surface area contributed by atoms with Gasteiger partial charge in [0.1, 0.15) is 0 Å². The maximum atomic E-state index is 12.8. The lowest BCUT2D eigenvalue weighted by Gasteiger charge is -2.37. The van der Waals surface area contributed by atoms with E-state index in [1.54, 1.807) is 19.0 Å². The number of carbonyl (C=O) groups is 2. The van der Waals surface area contributed by atoms with Gasteiger partial charge in [0, 0.05) is 52.7 Å². The van der Waals surface area contributed by atoms with Crippen LogP contribution in [0, 0.1) is 12.8 Å². The van der Waals surface area contributed by atoms with Crippen LogP contribution in [0.2, 0.25) is 5.02 Å². The summed E-state index contributed by atoms with van der Waals surface area (Å²) < 4.78 is 0. The number of piperazine rings is 1. The van der Waals surface area contributed by atoms with E-state index in [0.717, 1.165) is 68.1 Å². The van der Waals surface area contributed by atoms with Gasteiger partial charge in [-0.1, -0.05) is 23.7 Å². The van der Waals surface area contributed by atoms with Gasteiger partial charge in [-0.25, -0.2) is 4.79 Å². The Morgan fingerprint density at radius 2 is 1.76 bits per heavy atom. The van der Waals surface area contributed by atoms with Crippen LogP contribution in [0.25, 0.3) is 0 Å². The highest BCUT2D eigenvalue weighted by Gasteiger charge is 2.28. The summed E-state index contributed by atoms with van der Waals surface area (Å²) in [6, 6.07) is 6.31. The normalized spacial score (nSPS) is 22.3. The first kappa shape index (κ1) is 21.8. The number of amides is 3. The van der Waals surface area contributed by atoms with Crippen LogP contribution in [0.15, 0.2) is 18.2 Å². The summed E-state index contributed by atoms with van der Waals surface area (Å²) in [5.41, 5.74) is 2.15. The molecule has 1 aromatic carbocycles. The lowest BCUT2D eigenvalue weighted by atomic mass is 9.84. The summed E-state index contributed by atoms with van der Waals surface area (Å²) >= 11 is 6.46. The lowest BCUT2D eigenvalue weighted by molar-refractivity contribution is -0.132. The molecule has 0 spiro atoms. The second-order valence-corrected chi connectivity index (χ2v) is 8.92. The molecule has 2 fully saturated rings. The number of nitrogens with zero attached hydrogens (tertiary/aromatic N) is 3. The number of benzene rings is 1. The molecule has 2 aliphatic rings. The quantitative estimate of drug-likeness (QED) is 0.810. The van der Waals surface area contributed by atoms with Crippen LogP contribution in [-0.4, -0.2) is 68.1 Å². The van der Waals surface area contributed by atoms with Crippen molar-refractivity contribution in [3.05, 3.63) is 28.8 Å². The smallest absolute Gasteiger partial charge is 0.317 e. The molecule has 0 unspecified atom stereocenters. The minimum absolute atomic E-state index is 0.0314. The predicted molar refractivity (Wildman–Crippen MR) is 118 cm³/mol. The lowest BCUT2D eigenvalue weighted by Crippen LogP contribution is -2.49. The fraction of sp³-hybridized carbons (Fsp3) is 0.636. The molecule has 1 saturated heterocycles. The van der Waals surface area contributed by atoms with E-state index in [4.69, 9.17) is 11.6 Å². The van der Waals surface area contributed by atoms with Crippen molar-refractivity contribution in [1.82, 2.24) is 15.1 Å². The van der Waals surface area contributed by atoms with Gasteiger partial charge in [-0.2, -0.15) is 0 Å². The number of carbonyl (C=O) groups excluding carboxylic acids is 2. The molecule has 1 aliphatic carbocycles. The van der Waals surface area contributed by atoms with Crippen LogP contribution in [0.1, 0.15) is 37.7 Å². The van der Waals surface area contributed by atoms with E-state index in [-0.39, 0.29) is 18.0 Å². The summed E-state index contributed by atoms with van der Waals surface area (Å²) in [6.07, 6.45) is 4.54. The standard InChI is InChI=1S/C22H33ClN4O2/c1-16-5-4-6-19(21(16)23)26-11-13-27(14-12-26)20(28)15-17-7-9-18(10-8-17)24-22(29)25(2)3/h4-6,17-18H,7-15H2,1-3H3,(H,24,29). The van der Waals surface area contributed by atoms with Crippen molar-refractivity contribution in [2.75, 3.05) is 45.2 Å². The molecule has 0 bridgehead atoms. The Balaban J connectivity index is 1.42. The van der Waals surface area contributed by atoms with Crippen LogP contribution in [0.5, 0.6) is 0 Å². The Hall–Kier alpha value is -1.95. The molecule has 0 radical (unpaired) electrons. The van der Waals surface area contributed by atoms with E-state index in [1.165, 1.54) is 0 Å². The van der Waals surface area contributed by atoms with Gasteiger partial charge in [0.25, 0.3) is 0 Å². The maximum absolute atomic E-state index is 12.8. The largest absolute Gasteiger partial charge is 0.367 e. The molecule has 3 amide bonds. The van der Waals surface area contributed by atoms with Crippen LogP contribution in [-0.2, 0) is 4.79 Å². The van der Waals surface area contributed by atoms with Gasteiger partial charge in [0.15, 0.2) is 0 Å². The average Bonchev–Trinajstić information content (AvgIpc) is 2.71. The topological polar surface area (TPSA) is 55.9 Å². The number of urea groups is 1. The van der Waals surface area contributed by atoms with Crippen LogP contribution >= 0.6 is 11.6 Å². The zero-order valence-electron chi connectivity index (χ0n) is 17.8. The summed E-state index contributed by atoms with van der Waals surface area (Å²) in [4.78, 5) is 30.4. The van der Waals surface area contributed by atoms with Gasteiger partial charge in [0.2, 0.25) is 5.91 Å². The number of hydrogen-bond acceptors (Lipinski definition) is 3. The molecule has 1 N–H and O–H groups in total. The molecule has 160 valence electrons. The molecule has 3 rings (SSSR count). The van der Waals surface area contributed by atoms with Crippen molar-refractivity contribution < 1.29 is 9.59 Å². The van der Waals surface area contributed by atoms with Crippen LogP contribution < -0.4 is 10.2 Å². The Labute approximate surface area is 179 Å². The molecule has 1 saturated carbocycles. The van der Waals surface area contributed by atoms with Gasteiger partial charge < -0.3 is 20.0 Å². The third-order valence-corrected chi connectivity index (χ3v) is 6.68. The zero-order valence-corrected chi connectivity index (χ0v) is 18.5. The first-order chi connectivity index (χ1) is 13.8. The molecule has 0 atom stereocenters. The molecule has 6 nitrogen and oxygen atoms in total. The third-order valence-electron chi connectivity index (χ3n) is 6.19. The van der Waals surface area contributed by atoms with Gasteiger partial charge >= 0.3 is 6.03 Å². The summed E-state index contributed by atoms with van der Waals surface area (Å²) in [6.45, 7) is 5.15. The zero-order chi connectivity index (χ0) is 21.0. The van der Waals surface area contributed by atoms with Crippen molar-refractivity contribution in [2.24, 2.45) is 5.92 Å². The van der Waals surface area contributed by atoms with Gasteiger partial charge in [-0.3, -0.25) is 4.79 Å². The molecule has 1 heterocycles. The van der Waals surface area contributed by atoms with Crippen molar-refractivity contribution in [3.8, 4) is 0 Å². The Kier molecular flexibility index (Phi) is 7.28. The third kappa shape index (κ3) is 5.56. The Morgan fingerprint density at radius 1 is 1.10 bits per heavy atom. The summed E-state index contributed by atoms with van der Waals surface area (Å²) in [7, 11) is 3.51.